The molecule has 1 rings (SSSR count). The van der Waals surface area contributed by atoms with Gasteiger partial charge in [0, 0.05) is 12.8 Å². The van der Waals surface area contributed by atoms with Crippen molar-refractivity contribution in [2.45, 2.75) is 180 Å². The van der Waals surface area contributed by atoms with E-state index in [1.54, 1.807) is 24.3 Å². The van der Waals surface area contributed by atoms with Crippen molar-refractivity contribution in [1.82, 2.24) is 5.32 Å². The van der Waals surface area contributed by atoms with Gasteiger partial charge in [-0.25, -0.2) is 4.79 Å². The van der Waals surface area contributed by atoms with Gasteiger partial charge in [-0.1, -0.05) is 161 Å². The fourth-order valence-electron chi connectivity index (χ4n) is 5.49. The molecule has 1 amide bonds. The van der Waals surface area contributed by atoms with Crippen LogP contribution >= 0.6 is 0 Å². The van der Waals surface area contributed by atoms with Crippen molar-refractivity contribution in [3.05, 3.63) is 29.8 Å². The normalized spacial score (nSPS) is 11.9. The largest absolute Gasteiger partial charge is 0.508 e. The first kappa shape index (κ1) is 38.0. The van der Waals surface area contributed by atoms with Gasteiger partial charge in [0.25, 0.3) is 0 Å². The van der Waals surface area contributed by atoms with E-state index < -0.39 is 6.04 Å². The Bertz CT molecular complexity index is 764. The van der Waals surface area contributed by atoms with Crippen LogP contribution in [0.1, 0.15) is 174 Å². The summed E-state index contributed by atoms with van der Waals surface area (Å²) in [5.74, 6) is -0.263. The van der Waals surface area contributed by atoms with E-state index in [9.17, 15) is 14.7 Å². The third-order valence-corrected chi connectivity index (χ3v) is 8.25. The number of benzene rings is 1. The van der Waals surface area contributed by atoms with E-state index in [0.717, 1.165) is 31.2 Å². The maximum absolute atomic E-state index is 12.9. The Morgan fingerprint density at radius 1 is 0.619 bits per heavy atom. The third kappa shape index (κ3) is 22.5. The highest BCUT2D eigenvalue weighted by Crippen LogP contribution is 2.15. The topological polar surface area (TPSA) is 75.6 Å². The second-order valence-electron chi connectivity index (χ2n) is 12.3. The minimum absolute atomic E-state index is 0.0861. The minimum Gasteiger partial charge on any atom is -0.508 e. The van der Waals surface area contributed by atoms with Crippen LogP contribution in [0, 0.1) is 0 Å². The van der Waals surface area contributed by atoms with Crippen LogP contribution in [0.25, 0.3) is 0 Å². The van der Waals surface area contributed by atoms with Crippen molar-refractivity contribution in [2.75, 3.05) is 6.61 Å². The van der Waals surface area contributed by atoms with E-state index in [-0.39, 0.29) is 17.6 Å². The molecule has 1 aromatic rings. The molecule has 242 valence electrons. The highest BCUT2D eigenvalue weighted by atomic mass is 16.5. The van der Waals surface area contributed by atoms with Gasteiger partial charge in [0.15, 0.2) is 0 Å². The molecule has 1 atom stereocenters. The average Bonchev–Trinajstić information content (AvgIpc) is 2.99. The molecule has 1 unspecified atom stereocenters. The summed E-state index contributed by atoms with van der Waals surface area (Å²) in [6, 6.07) is 6.09. The molecule has 0 saturated carbocycles. The second-order valence-corrected chi connectivity index (χ2v) is 12.3. The van der Waals surface area contributed by atoms with Crippen LogP contribution in [0.5, 0.6) is 5.75 Å². The number of amides is 1. The zero-order chi connectivity index (χ0) is 30.5. The number of phenols is 1. The quantitative estimate of drug-likeness (QED) is 0.0722. The lowest BCUT2D eigenvalue weighted by molar-refractivity contribution is -0.148. The molecule has 0 saturated heterocycles. The third-order valence-electron chi connectivity index (χ3n) is 8.25. The molecular weight excluding hydrogens is 522 g/mol. The molecule has 0 radical (unpaired) electrons. The minimum atomic E-state index is -0.702. The lowest BCUT2D eigenvalue weighted by Gasteiger charge is -2.18. The summed E-state index contributed by atoms with van der Waals surface area (Å²) in [5.41, 5.74) is 0.884. The smallest absolute Gasteiger partial charge is 0.328 e. The molecule has 0 aliphatic carbocycles. The Morgan fingerprint density at radius 2 is 1.02 bits per heavy atom. The van der Waals surface area contributed by atoms with E-state index in [1.807, 2.05) is 0 Å². The Balaban J connectivity index is 2.25. The van der Waals surface area contributed by atoms with Crippen LogP contribution in [0.4, 0.5) is 0 Å². The number of ether oxygens (including phenoxy) is 1. The molecule has 2 N–H and O–H groups in total. The van der Waals surface area contributed by atoms with Crippen molar-refractivity contribution in [3.8, 4) is 5.75 Å². The van der Waals surface area contributed by atoms with E-state index >= 15 is 0 Å². The Morgan fingerprint density at radius 3 is 1.48 bits per heavy atom. The summed E-state index contributed by atoms with van der Waals surface area (Å²) in [7, 11) is 0. The molecule has 0 aliphatic rings. The van der Waals surface area contributed by atoms with Crippen LogP contribution in [0.3, 0.4) is 0 Å². The van der Waals surface area contributed by atoms with Crippen molar-refractivity contribution in [2.24, 2.45) is 0 Å². The molecule has 42 heavy (non-hydrogen) atoms. The van der Waals surface area contributed by atoms with Crippen LogP contribution in [-0.2, 0) is 20.7 Å². The zero-order valence-electron chi connectivity index (χ0n) is 27.4. The standard InChI is InChI=1S/C37H65NO4/c1-3-5-7-9-11-13-15-17-19-21-23-25-31-42-37(41)35(32-33-27-29-34(39)30-28-33)38-36(40)26-24-22-20-18-16-14-12-10-8-6-4-2/h27-30,35,39H,3-26,31-32H2,1-2H3,(H,38,40). The number of nitrogens with one attached hydrogen (secondary N) is 1. The number of hydrogen-bond acceptors (Lipinski definition) is 4. The maximum atomic E-state index is 12.9. The van der Waals surface area contributed by atoms with Gasteiger partial charge in [-0.2, -0.15) is 0 Å². The van der Waals surface area contributed by atoms with E-state index in [0.29, 0.717) is 19.4 Å². The van der Waals surface area contributed by atoms with E-state index in [1.165, 1.54) is 122 Å². The highest BCUT2D eigenvalue weighted by Gasteiger charge is 2.22. The predicted molar refractivity (Wildman–Crippen MR) is 177 cm³/mol. The SMILES string of the molecule is CCCCCCCCCCCCCCOC(=O)C(Cc1ccc(O)cc1)NC(=O)CCCCCCCCCCCCC. The monoisotopic (exact) mass is 587 g/mol. The number of unbranched alkanes of at least 4 members (excludes halogenated alkanes) is 21. The van der Waals surface area contributed by atoms with Gasteiger partial charge in [0.2, 0.25) is 5.91 Å². The maximum Gasteiger partial charge on any atom is 0.328 e. The average molecular weight is 588 g/mol. The second kappa shape index (κ2) is 27.8. The Hall–Kier alpha value is -2.04. The summed E-state index contributed by atoms with van der Waals surface area (Å²) in [6.07, 6.45) is 29.6. The van der Waals surface area contributed by atoms with Crippen molar-refractivity contribution >= 4 is 11.9 Å². The first-order chi connectivity index (χ1) is 20.6. The highest BCUT2D eigenvalue weighted by molar-refractivity contribution is 5.84. The van der Waals surface area contributed by atoms with Crippen molar-refractivity contribution in [3.63, 3.8) is 0 Å². The lowest BCUT2D eigenvalue weighted by Crippen LogP contribution is -2.43. The molecule has 0 spiro atoms. The van der Waals surface area contributed by atoms with Crippen LogP contribution in [0.15, 0.2) is 24.3 Å². The molecule has 0 bridgehead atoms. The number of aromatic hydroxyl groups is 1. The van der Waals surface area contributed by atoms with Crippen LogP contribution in [-0.4, -0.2) is 29.6 Å². The summed E-state index contributed by atoms with van der Waals surface area (Å²) in [6.45, 7) is 4.91. The molecule has 0 heterocycles. The van der Waals surface area contributed by atoms with Gasteiger partial charge in [-0.3, -0.25) is 4.79 Å². The fourth-order valence-corrected chi connectivity index (χ4v) is 5.49. The lowest BCUT2D eigenvalue weighted by atomic mass is 10.0. The van der Waals surface area contributed by atoms with Crippen LogP contribution < -0.4 is 5.32 Å². The van der Waals surface area contributed by atoms with Gasteiger partial charge >= 0.3 is 5.97 Å². The molecular formula is C37H65NO4. The predicted octanol–water partition coefficient (Wildman–Crippen LogP) is 10.4. The van der Waals surface area contributed by atoms with E-state index in [4.69, 9.17) is 4.74 Å². The van der Waals surface area contributed by atoms with Gasteiger partial charge in [-0.15, -0.1) is 0 Å². The first-order valence-corrected chi connectivity index (χ1v) is 17.8. The molecule has 5 nitrogen and oxygen atoms in total. The molecule has 0 aromatic heterocycles. The molecule has 0 aliphatic heterocycles. The number of carbonyl (C=O) groups excluding carboxylic acids is 2. The number of carbonyl (C=O) groups is 2. The Kier molecular flexibility index (Phi) is 25.1. The van der Waals surface area contributed by atoms with Gasteiger partial charge in [0.05, 0.1) is 6.61 Å². The summed E-state index contributed by atoms with van der Waals surface area (Å²) >= 11 is 0. The summed E-state index contributed by atoms with van der Waals surface area (Å²) in [5, 5.41) is 12.5. The summed E-state index contributed by atoms with van der Waals surface area (Å²) in [4.78, 5) is 25.6. The Labute approximate surface area is 259 Å². The van der Waals surface area contributed by atoms with E-state index in [2.05, 4.69) is 19.2 Å². The molecule has 5 heteroatoms. The van der Waals surface area contributed by atoms with Gasteiger partial charge in [-0.05, 0) is 30.5 Å². The number of phenolic OH excluding ortho intramolecular Hbond substituents is 1. The van der Waals surface area contributed by atoms with Gasteiger partial charge in [0.1, 0.15) is 11.8 Å². The number of esters is 1. The first-order valence-electron chi connectivity index (χ1n) is 17.8. The van der Waals surface area contributed by atoms with Crippen molar-refractivity contribution in [1.29, 1.82) is 0 Å². The number of rotatable bonds is 29. The van der Waals surface area contributed by atoms with Gasteiger partial charge < -0.3 is 15.2 Å². The molecule has 0 fully saturated rings. The van der Waals surface area contributed by atoms with Crippen LogP contribution in [0.2, 0.25) is 0 Å². The zero-order valence-corrected chi connectivity index (χ0v) is 27.4. The summed E-state index contributed by atoms with van der Waals surface area (Å²) < 4.78 is 5.60. The number of hydrogen-bond donors (Lipinski definition) is 2. The van der Waals surface area contributed by atoms with Crippen molar-refractivity contribution < 1.29 is 19.4 Å². The fraction of sp³-hybridized carbons (Fsp3) is 0.784. The molecule has 1 aromatic carbocycles.